The Hall–Kier alpha value is -0.0800. The highest BCUT2D eigenvalue weighted by Crippen LogP contribution is 2.31. The van der Waals surface area contributed by atoms with Gasteiger partial charge in [-0.2, -0.15) is 0 Å². The molecule has 0 aromatic rings. The fourth-order valence-corrected chi connectivity index (χ4v) is 2.96. The molecule has 0 atom stereocenters. The van der Waals surface area contributed by atoms with Crippen molar-refractivity contribution in [3.63, 3.8) is 0 Å². The summed E-state index contributed by atoms with van der Waals surface area (Å²) in [6.07, 6.45) is 10.9. The fraction of sp³-hybridized carbons (Fsp3) is 1.00. The highest BCUT2D eigenvalue weighted by Gasteiger charge is 2.34. The first-order chi connectivity index (χ1) is 6.35. The van der Waals surface area contributed by atoms with E-state index in [1.54, 1.807) is 0 Å². The van der Waals surface area contributed by atoms with Crippen LogP contribution in [0.2, 0.25) is 0 Å². The topological polar surface area (TPSA) is 38.0 Å². The Morgan fingerprint density at radius 3 is 2.23 bits per heavy atom. The Balaban J connectivity index is 1.88. The van der Waals surface area contributed by atoms with E-state index in [1.807, 2.05) is 0 Å². The van der Waals surface area contributed by atoms with Gasteiger partial charge >= 0.3 is 0 Å². The first-order valence-electron chi connectivity index (χ1n) is 5.82. The molecule has 2 saturated carbocycles. The molecule has 2 rings (SSSR count). The van der Waals surface area contributed by atoms with Gasteiger partial charge in [0.2, 0.25) is 0 Å². The van der Waals surface area contributed by atoms with Gasteiger partial charge in [-0.3, -0.25) is 0 Å². The first-order valence-corrected chi connectivity index (χ1v) is 5.82. The van der Waals surface area contributed by atoms with Crippen LogP contribution in [-0.2, 0) is 0 Å². The molecule has 2 fully saturated rings. The van der Waals surface area contributed by atoms with E-state index in [9.17, 15) is 0 Å². The van der Waals surface area contributed by atoms with E-state index >= 15 is 0 Å². The molecular formula is C11H22N2. The summed E-state index contributed by atoms with van der Waals surface area (Å²) in [4.78, 5) is 0. The molecule has 0 aromatic carbocycles. The standard InChI is InChI=1S/C11H22N2/c12-9-11(7-3-4-8-11)13-10-5-1-2-6-10/h10,13H,1-9,12H2. The molecule has 2 heteroatoms. The molecule has 0 unspecified atom stereocenters. The second kappa shape index (κ2) is 3.97. The van der Waals surface area contributed by atoms with E-state index in [4.69, 9.17) is 5.73 Å². The van der Waals surface area contributed by atoms with Crippen LogP contribution < -0.4 is 11.1 Å². The minimum atomic E-state index is 0.328. The molecule has 2 aliphatic rings. The fourth-order valence-electron chi connectivity index (χ4n) is 2.96. The molecule has 0 amide bonds. The molecule has 3 N–H and O–H groups in total. The number of rotatable bonds is 3. The number of hydrogen-bond donors (Lipinski definition) is 2. The second-order valence-electron chi connectivity index (χ2n) is 4.82. The van der Waals surface area contributed by atoms with Gasteiger partial charge in [-0.15, -0.1) is 0 Å². The molecular weight excluding hydrogens is 160 g/mol. The summed E-state index contributed by atoms with van der Waals surface area (Å²) in [5.41, 5.74) is 6.21. The summed E-state index contributed by atoms with van der Waals surface area (Å²) >= 11 is 0. The normalized spacial score (nSPS) is 28.4. The SMILES string of the molecule is NCC1(NC2CCCC2)CCCC1. The van der Waals surface area contributed by atoms with Gasteiger partial charge in [0, 0.05) is 18.1 Å². The summed E-state index contributed by atoms with van der Waals surface area (Å²) < 4.78 is 0. The largest absolute Gasteiger partial charge is 0.329 e. The van der Waals surface area contributed by atoms with Crippen LogP contribution in [0.5, 0.6) is 0 Å². The van der Waals surface area contributed by atoms with E-state index in [1.165, 1.54) is 51.4 Å². The average molecular weight is 182 g/mol. The molecule has 13 heavy (non-hydrogen) atoms. The molecule has 76 valence electrons. The van der Waals surface area contributed by atoms with E-state index in [0.717, 1.165) is 12.6 Å². The van der Waals surface area contributed by atoms with E-state index in [0.29, 0.717) is 5.54 Å². The predicted molar refractivity (Wildman–Crippen MR) is 55.6 cm³/mol. The van der Waals surface area contributed by atoms with Gasteiger partial charge in [0.05, 0.1) is 0 Å². The zero-order valence-corrected chi connectivity index (χ0v) is 8.52. The van der Waals surface area contributed by atoms with Crippen LogP contribution in [0.1, 0.15) is 51.4 Å². The average Bonchev–Trinajstić information content (AvgIpc) is 2.77. The third-order valence-corrected chi connectivity index (χ3v) is 3.82. The zero-order chi connectivity index (χ0) is 9.15. The Kier molecular flexibility index (Phi) is 2.89. The molecule has 0 radical (unpaired) electrons. The van der Waals surface area contributed by atoms with Gasteiger partial charge in [-0.05, 0) is 25.7 Å². The van der Waals surface area contributed by atoms with Gasteiger partial charge in [-0.25, -0.2) is 0 Å². The monoisotopic (exact) mass is 182 g/mol. The molecule has 0 bridgehead atoms. The molecule has 0 aliphatic heterocycles. The quantitative estimate of drug-likeness (QED) is 0.698. The van der Waals surface area contributed by atoms with Gasteiger partial charge in [-0.1, -0.05) is 25.7 Å². The molecule has 0 heterocycles. The second-order valence-corrected chi connectivity index (χ2v) is 4.82. The summed E-state index contributed by atoms with van der Waals surface area (Å²) in [5, 5.41) is 3.82. The lowest BCUT2D eigenvalue weighted by Crippen LogP contribution is -2.52. The maximum Gasteiger partial charge on any atom is 0.0306 e. The number of nitrogens with two attached hydrogens (primary N) is 1. The third kappa shape index (κ3) is 2.05. The van der Waals surface area contributed by atoms with Crippen molar-refractivity contribution in [2.75, 3.05) is 6.54 Å². The highest BCUT2D eigenvalue weighted by molar-refractivity contribution is 4.96. The van der Waals surface area contributed by atoms with Crippen molar-refractivity contribution in [2.45, 2.75) is 62.9 Å². The molecule has 2 aliphatic carbocycles. The number of nitrogens with one attached hydrogen (secondary N) is 1. The van der Waals surface area contributed by atoms with Crippen molar-refractivity contribution in [3.8, 4) is 0 Å². The summed E-state index contributed by atoms with van der Waals surface area (Å²) in [5.74, 6) is 0. The van der Waals surface area contributed by atoms with Crippen molar-refractivity contribution in [1.29, 1.82) is 0 Å². The molecule has 2 nitrogen and oxygen atoms in total. The lowest BCUT2D eigenvalue weighted by Gasteiger charge is -2.32. The van der Waals surface area contributed by atoms with Gasteiger partial charge in [0.15, 0.2) is 0 Å². The van der Waals surface area contributed by atoms with Crippen molar-refractivity contribution in [3.05, 3.63) is 0 Å². The van der Waals surface area contributed by atoms with Crippen molar-refractivity contribution < 1.29 is 0 Å². The maximum absolute atomic E-state index is 5.88. The Morgan fingerprint density at radius 2 is 1.69 bits per heavy atom. The third-order valence-electron chi connectivity index (χ3n) is 3.82. The van der Waals surface area contributed by atoms with E-state index in [2.05, 4.69) is 5.32 Å². The van der Waals surface area contributed by atoms with Crippen LogP contribution in [0.25, 0.3) is 0 Å². The smallest absolute Gasteiger partial charge is 0.0306 e. The van der Waals surface area contributed by atoms with Gasteiger partial charge in [0.1, 0.15) is 0 Å². The lowest BCUT2D eigenvalue weighted by molar-refractivity contribution is 0.297. The van der Waals surface area contributed by atoms with E-state index in [-0.39, 0.29) is 0 Å². The van der Waals surface area contributed by atoms with Crippen LogP contribution in [0.15, 0.2) is 0 Å². The lowest BCUT2D eigenvalue weighted by atomic mass is 9.96. The van der Waals surface area contributed by atoms with Crippen molar-refractivity contribution in [1.82, 2.24) is 5.32 Å². The number of hydrogen-bond acceptors (Lipinski definition) is 2. The first kappa shape index (κ1) is 9.47. The van der Waals surface area contributed by atoms with Crippen molar-refractivity contribution >= 4 is 0 Å². The van der Waals surface area contributed by atoms with Crippen molar-refractivity contribution in [2.24, 2.45) is 5.73 Å². The van der Waals surface area contributed by atoms with Crippen LogP contribution in [0.4, 0.5) is 0 Å². The van der Waals surface area contributed by atoms with Gasteiger partial charge in [0.25, 0.3) is 0 Å². The minimum Gasteiger partial charge on any atom is -0.329 e. The van der Waals surface area contributed by atoms with E-state index < -0.39 is 0 Å². The maximum atomic E-state index is 5.88. The highest BCUT2D eigenvalue weighted by atomic mass is 15.0. The predicted octanol–water partition coefficient (Wildman–Crippen LogP) is 1.79. The Morgan fingerprint density at radius 1 is 1.08 bits per heavy atom. The minimum absolute atomic E-state index is 0.328. The Bertz CT molecular complexity index is 155. The molecule has 0 spiro atoms. The molecule has 0 aromatic heterocycles. The molecule has 0 saturated heterocycles. The summed E-state index contributed by atoms with van der Waals surface area (Å²) in [7, 11) is 0. The van der Waals surface area contributed by atoms with Crippen LogP contribution in [-0.4, -0.2) is 18.1 Å². The van der Waals surface area contributed by atoms with Crippen LogP contribution in [0, 0.1) is 0 Å². The van der Waals surface area contributed by atoms with Crippen LogP contribution >= 0.6 is 0 Å². The Labute approximate surface area is 81.3 Å². The van der Waals surface area contributed by atoms with Crippen LogP contribution in [0.3, 0.4) is 0 Å². The summed E-state index contributed by atoms with van der Waals surface area (Å²) in [6.45, 7) is 0.837. The zero-order valence-electron chi connectivity index (χ0n) is 8.52. The summed E-state index contributed by atoms with van der Waals surface area (Å²) in [6, 6.07) is 0.779. The van der Waals surface area contributed by atoms with Gasteiger partial charge < -0.3 is 11.1 Å².